The highest BCUT2D eigenvalue weighted by atomic mass is 16.4. The molecule has 0 unspecified atom stereocenters. The van der Waals surface area contributed by atoms with E-state index in [1.165, 1.54) is 0 Å². The van der Waals surface area contributed by atoms with Crippen molar-refractivity contribution in [2.75, 3.05) is 18.4 Å². The predicted octanol–water partition coefficient (Wildman–Crippen LogP) is 1.89. The molecule has 1 aromatic rings. The maximum Gasteiger partial charge on any atom is 0.316 e. The monoisotopic (exact) mass is 319 g/mol. The molecule has 0 radical (unpaired) electrons. The van der Waals surface area contributed by atoms with Crippen molar-refractivity contribution < 1.29 is 19.5 Å². The Kier molecular flexibility index (Phi) is 5.56. The van der Waals surface area contributed by atoms with Crippen molar-refractivity contribution in [3.05, 3.63) is 29.8 Å². The first-order valence-electron chi connectivity index (χ1n) is 7.63. The summed E-state index contributed by atoms with van der Waals surface area (Å²) < 4.78 is 0. The summed E-state index contributed by atoms with van der Waals surface area (Å²) in [4.78, 5) is 35.7. The lowest BCUT2D eigenvalue weighted by molar-refractivity contribution is -0.137. The number of likely N-dealkylation sites (tertiary alicyclic amines) is 1. The van der Waals surface area contributed by atoms with Crippen molar-refractivity contribution in [3.63, 3.8) is 0 Å². The second-order valence-electron chi connectivity index (χ2n) is 5.76. The number of aliphatic carboxylic acids is 1. The van der Waals surface area contributed by atoms with E-state index in [0.29, 0.717) is 30.8 Å². The average molecular weight is 319 g/mol. The smallest absolute Gasteiger partial charge is 0.316 e. The van der Waals surface area contributed by atoms with Gasteiger partial charge in [-0.15, -0.1) is 0 Å². The third kappa shape index (κ3) is 4.98. The van der Waals surface area contributed by atoms with Gasteiger partial charge in [0.1, 0.15) is 0 Å². The minimum Gasteiger partial charge on any atom is -0.481 e. The Hall–Kier alpha value is -2.57. The van der Waals surface area contributed by atoms with Crippen molar-refractivity contribution in [1.82, 2.24) is 4.90 Å². The highest BCUT2D eigenvalue weighted by Gasteiger charge is 2.24. The number of hydrogen-bond acceptors (Lipinski definition) is 3. The number of benzene rings is 1. The lowest BCUT2D eigenvalue weighted by atomic mass is 9.93. The summed E-state index contributed by atoms with van der Waals surface area (Å²) in [6.07, 6.45) is 2.58. The largest absolute Gasteiger partial charge is 0.481 e. The number of amides is 3. The summed E-state index contributed by atoms with van der Waals surface area (Å²) in [6, 6.07) is 5.90. The van der Waals surface area contributed by atoms with Crippen molar-refractivity contribution in [3.8, 4) is 0 Å². The Labute approximate surface area is 134 Å². The first-order chi connectivity index (χ1) is 11.0. The zero-order valence-corrected chi connectivity index (χ0v) is 12.8. The van der Waals surface area contributed by atoms with Crippen LogP contribution < -0.4 is 11.1 Å². The number of piperidine rings is 1. The number of anilines is 1. The van der Waals surface area contributed by atoms with Gasteiger partial charge < -0.3 is 21.1 Å². The number of rotatable bonds is 5. The fourth-order valence-electron chi connectivity index (χ4n) is 2.83. The van der Waals surface area contributed by atoms with Crippen LogP contribution in [0, 0.1) is 5.92 Å². The van der Waals surface area contributed by atoms with E-state index in [1.54, 1.807) is 29.2 Å². The van der Waals surface area contributed by atoms with Crippen LogP contribution in [0.2, 0.25) is 0 Å². The molecule has 1 atom stereocenters. The third-order valence-corrected chi connectivity index (χ3v) is 3.97. The van der Waals surface area contributed by atoms with Gasteiger partial charge in [-0.3, -0.25) is 9.59 Å². The van der Waals surface area contributed by atoms with Gasteiger partial charge in [0.15, 0.2) is 0 Å². The summed E-state index contributed by atoms with van der Waals surface area (Å²) in [7, 11) is 0. The maximum absolute atomic E-state index is 12.5. The molecule has 2 rings (SSSR count). The van der Waals surface area contributed by atoms with E-state index in [2.05, 4.69) is 5.32 Å². The Morgan fingerprint density at radius 3 is 2.57 bits per heavy atom. The number of primary amides is 1. The van der Waals surface area contributed by atoms with Crippen LogP contribution in [0.25, 0.3) is 0 Å². The molecule has 0 aliphatic carbocycles. The molecule has 1 heterocycles. The molecule has 124 valence electrons. The first kappa shape index (κ1) is 16.8. The normalized spacial score (nSPS) is 17.6. The summed E-state index contributed by atoms with van der Waals surface area (Å²) in [6.45, 7) is 1.27. The van der Waals surface area contributed by atoms with Crippen LogP contribution >= 0.6 is 0 Å². The molecule has 23 heavy (non-hydrogen) atoms. The second kappa shape index (κ2) is 7.62. The Bertz CT molecular complexity index is 585. The van der Waals surface area contributed by atoms with E-state index in [4.69, 9.17) is 10.8 Å². The molecular weight excluding hydrogens is 298 g/mol. The molecular formula is C16H21N3O4. The molecule has 1 aliphatic heterocycles. The molecule has 7 nitrogen and oxygen atoms in total. The van der Waals surface area contributed by atoms with Crippen LogP contribution in [0.15, 0.2) is 24.3 Å². The highest BCUT2D eigenvalue weighted by molar-refractivity contribution is 5.95. The topological polar surface area (TPSA) is 113 Å². The first-order valence-corrected chi connectivity index (χ1v) is 7.63. The van der Waals surface area contributed by atoms with Crippen LogP contribution in [0.5, 0.6) is 0 Å². The quantitative estimate of drug-likeness (QED) is 0.769. The van der Waals surface area contributed by atoms with Crippen LogP contribution in [0.4, 0.5) is 10.5 Å². The predicted molar refractivity (Wildman–Crippen MR) is 85.1 cm³/mol. The number of hydrogen-bond donors (Lipinski definition) is 3. The fraction of sp³-hybridized carbons (Fsp3) is 0.438. The third-order valence-electron chi connectivity index (χ3n) is 3.97. The van der Waals surface area contributed by atoms with Gasteiger partial charge in [0.05, 0.1) is 0 Å². The SMILES string of the molecule is NC(=O)Nc1ccc(C(=O)N2CCC[C@@H](CCC(=O)O)C2)cc1. The Balaban J connectivity index is 1.96. The van der Waals surface area contributed by atoms with E-state index in [-0.39, 0.29) is 18.2 Å². The van der Waals surface area contributed by atoms with Crippen LogP contribution in [0.3, 0.4) is 0 Å². The molecule has 0 aromatic heterocycles. The van der Waals surface area contributed by atoms with Gasteiger partial charge in [-0.25, -0.2) is 4.79 Å². The lowest BCUT2D eigenvalue weighted by Gasteiger charge is -2.32. The van der Waals surface area contributed by atoms with Gasteiger partial charge >= 0.3 is 12.0 Å². The molecule has 7 heteroatoms. The second-order valence-corrected chi connectivity index (χ2v) is 5.76. The van der Waals surface area contributed by atoms with E-state index in [9.17, 15) is 14.4 Å². The summed E-state index contributed by atoms with van der Waals surface area (Å²) in [5.41, 5.74) is 6.11. The minimum atomic E-state index is -0.800. The number of nitrogens with zero attached hydrogens (tertiary/aromatic N) is 1. The van der Waals surface area contributed by atoms with Gasteiger partial charge in [0.2, 0.25) is 0 Å². The van der Waals surface area contributed by atoms with Gasteiger partial charge in [-0.05, 0) is 49.4 Å². The van der Waals surface area contributed by atoms with Gasteiger partial charge in [-0.2, -0.15) is 0 Å². The van der Waals surface area contributed by atoms with Gasteiger partial charge in [0.25, 0.3) is 5.91 Å². The van der Waals surface area contributed by atoms with Crippen LogP contribution in [-0.2, 0) is 4.79 Å². The van der Waals surface area contributed by atoms with Crippen molar-refractivity contribution >= 4 is 23.6 Å². The molecule has 1 aliphatic rings. The number of carbonyl (C=O) groups is 3. The molecule has 1 aromatic carbocycles. The van der Waals surface area contributed by atoms with Crippen molar-refractivity contribution in [2.45, 2.75) is 25.7 Å². The number of carbonyl (C=O) groups excluding carboxylic acids is 2. The molecule has 1 saturated heterocycles. The lowest BCUT2D eigenvalue weighted by Crippen LogP contribution is -2.40. The van der Waals surface area contributed by atoms with Crippen molar-refractivity contribution in [1.29, 1.82) is 0 Å². The van der Waals surface area contributed by atoms with E-state index >= 15 is 0 Å². The molecule has 0 spiro atoms. The summed E-state index contributed by atoms with van der Waals surface area (Å²) in [5.74, 6) is -0.638. The fourth-order valence-corrected chi connectivity index (χ4v) is 2.83. The standard InChI is InChI=1S/C16H21N3O4/c17-16(23)18-13-6-4-12(5-7-13)15(22)19-9-1-2-11(10-19)3-8-14(20)21/h4-7,11H,1-3,8-10H2,(H,20,21)(H3,17,18,23)/t11-/m0/s1. The highest BCUT2D eigenvalue weighted by Crippen LogP contribution is 2.23. The van der Waals surface area contributed by atoms with Crippen LogP contribution in [0.1, 0.15) is 36.0 Å². The summed E-state index contributed by atoms with van der Waals surface area (Å²) in [5, 5.41) is 11.2. The van der Waals surface area contributed by atoms with E-state index in [1.807, 2.05) is 0 Å². The number of nitrogens with two attached hydrogens (primary N) is 1. The van der Waals surface area contributed by atoms with E-state index < -0.39 is 12.0 Å². The zero-order valence-electron chi connectivity index (χ0n) is 12.8. The molecule has 1 fully saturated rings. The number of nitrogens with one attached hydrogen (secondary N) is 1. The minimum absolute atomic E-state index is 0.0735. The van der Waals surface area contributed by atoms with Gasteiger partial charge in [0, 0.05) is 30.8 Å². The van der Waals surface area contributed by atoms with Crippen molar-refractivity contribution in [2.24, 2.45) is 11.7 Å². The molecule has 4 N–H and O–H groups in total. The van der Waals surface area contributed by atoms with E-state index in [0.717, 1.165) is 12.8 Å². The zero-order chi connectivity index (χ0) is 16.8. The Morgan fingerprint density at radius 2 is 1.96 bits per heavy atom. The molecule has 3 amide bonds. The average Bonchev–Trinajstić information content (AvgIpc) is 2.53. The van der Waals surface area contributed by atoms with Crippen LogP contribution in [-0.4, -0.2) is 41.0 Å². The number of urea groups is 1. The molecule has 0 saturated carbocycles. The summed E-state index contributed by atoms with van der Waals surface area (Å²) >= 11 is 0. The number of carboxylic acids is 1. The molecule has 0 bridgehead atoms. The number of carboxylic acid groups (broad SMARTS) is 1. The van der Waals surface area contributed by atoms with Gasteiger partial charge in [-0.1, -0.05) is 0 Å². The Morgan fingerprint density at radius 1 is 1.26 bits per heavy atom. The maximum atomic E-state index is 12.5.